The first-order chi connectivity index (χ1) is 9.21. The molecule has 0 amide bonds. The number of carboxylic acids is 1. The molecule has 0 radical (unpaired) electrons. The maximum atomic E-state index is 12.8. The third kappa shape index (κ3) is 2.36. The van der Waals surface area contributed by atoms with Crippen molar-refractivity contribution in [2.45, 2.75) is 19.0 Å². The van der Waals surface area contributed by atoms with Crippen molar-refractivity contribution in [3.05, 3.63) is 39.9 Å². The molecule has 0 saturated heterocycles. The molecular formula is C12H9F3N2O3. The number of hydrogen-bond donors (Lipinski definition) is 2. The molecule has 0 fully saturated rings. The maximum Gasteiger partial charge on any atom is 0.434 e. The van der Waals surface area contributed by atoms with E-state index in [4.69, 9.17) is 5.11 Å². The summed E-state index contributed by atoms with van der Waals surface area (Å²) in [5.74, 6) is -2.52. The Kier molecular flexibility index (Phi) is 3.24. The highest BCUT2D eigenvalue weighted by Crippen LogP contribution is 2.32. The molecule has 0 spiro atoms. The lowest BCUT2D eigenvalue weighted by Gasteiger charge is -2.11. The Bertz CT molecular complexity index is 737. The van der Waals surface area contributed by atoms with Crippen molar-refractivity contribution in [3.8, 4) is 0 Å². The predicted octanol–water partition coefficient (Wildman–Crippen LogP) is 2.13. The molecule has 2 aromatic heterocycles. The number of alkyl halides is 3. The van der Waals surface area contributed by atoms with E-state index in [1.807, 2.05) is 0 Å². The topological polar surface area (TPSA) is 83.0 Å². The van der Waals surface area contributed by atoms with E-state index in [1.165, 1.54) is 13.0 Å². The number of aromatic amines is 1. The van der Waals surface area contributed by atoms with Crippen LogP contribution < -0.4 is 5.56 Å². The van der Waals surface area contributed by atoms with Crippen LogP contribution in [0.4, 0.5) is 13.2 Å². The minimum atomic E-state index is -4.69. The first-order valence-electron chi connectivity index (χ1n) is 5.53. The van der Waals surface area contributed by atoms with E-state index < -0.39 is 29.3 Å². The summed E-state index contributed by atoms with van der Waals surface area (Å²) in [6, 6.07) is 2.16. The molecule has 0 aliphatic carbocycles. The van der Waals surface area contributed by atoms with Crippen LogP contribution in [0.2, 0.25) is 0 Å². The van der Waals surface area contributed by atoms with Gasteiger partial charge in [0.15, 0.2) is 5.69 Å². The lowest BCUT2D eigenvalue weighted by Crippen LogP contribution is -2.20. The summed E-state index contributed by atoms with van der Waals surface area (Å²) in [5.41, 5.74) is -2.18. The second kappa shape index (κ2) is 4.62. The number of pyridine rings is 2. The Hall–Kier alpha value is -2.38. The van der Waals surface area contributed by atoms with Gasteiger partial charge in [-0.25, -0.2) is 0 Å². The third-order valence-corrected chi connectivity index (χ3v) is 2.91. The number of halogens is 3. The monoisotopic (exact) mass is 286 g/mol. The van der Waals surface area contributed by atoms with Gasteiger partial charge in [0.2, 0.25) is 0 Å². The second-order valence-corrected chi connectivity index (χ2v) is 4.23. The summed E-state index contributed by atoms with van der Waals surface area (Å²) in [7, 11) is 0. The van der Waals surface area contributed by atoms with Crippen LogP contribution in [0.1, 0.15) is 24.1 Å². The third-order valence-electron chi connectivity index (χ3n) is 2.91. The van der Waals surface area contributed by atoms with Gasteiger partial charge < -0.3 is 10.1 Å². The average molecular weight is 286 g/mol. The van der Waals surface area contributed by atoms with Crippen molar-refractivity contribution in [1.82, 2.24) is 9.97 Å². The number of carbonyl (C=O) groups is 1. The van der Waals surface area contributed by atoms with Crippen molar-refractivity contribution >= 4 is 16.9 Å². The molecule has 20 heavy (non-hydrogen) atoms. The largest absolute Gasteiger partial charge is 0.481 e. The normalized spacial score (nSPS) is 13.4. The van der Waals surface area contributed by atoms with Gasteiger partial charge in [0, 0.05) is 17.1 Å². The fourth-order valence-corrected chi connectivity index (χ4v) is 1.82. The van der Waals surface area contributed by atoms with E-state index in [1.54, 1.807) is 0 Å². The minimum absolute atomic E-state index is 0.0429. The zero-order chi connectivity index (χ0) is 15.1. The molecule has 0 bridgehead atoms. The van der Waals surface area contributed by atoms with Crippen molar-refractivity contribution < 1.29 is 23.1 Å². The number of fused-ring (bicyclic) bond motifs is 1. The van der Waals surface area contributed by atoms with Crippen LogP contribution in [0.3, 0.4) is 0 Å². The summed E-state index contributed by atoms with van der Waals surface area (Å²) in [5, 5.41) is 8.54. The number of aromatic nitrogens is 2. The summed E-state index contributed by atoms with van der Waals surface area (Å²) in [6.07, 6.45) is -3.76. The number of hydrogen-bond acceptors (Lipinski definition) is 3. The number of H-pyrrole nitrogens is 1. The van der Waals surface area contributed by atoms with E-state index in [0.717, 1.165) is 12.3 Å². The Balaban J connectivity index is 2.79. The minimum Gasteiger partial charge on any atom is -0.481 e. The number of carboxylic acid groups (broad SMARTS) is 1. The molecule has 2 heterocycles. The molecule has 0 aliphatic rings. The van der Waals surface area contributed by atoms with E-state index in [2.05, 4.69) is 9.97 Å². The van der Waals surface area contributed by atoms with Crippen molar-refractivity contribution in [2.75, 3.05) is 0 Å². The molecule has 5 nitrogen and oxygen atoms in total. The number of rotatable bonds is 2. The van der Waals surface area contributed by atoms with Crippen molar-refractivity contribution in [1.29, 1.82) is 0 Å². The predicted molar refractivity (Wildman–Crippen MR) is 63.4 cm³/mol. The molecular weight excluding hydrogens is 277 g/mol. The molecule has 8 heteroatoms. The Morgan fingerprint density at radius 3 is 2.65 bits per heavy atom. The molecule has 1 unspecified atom stereocenters. The highest BCUT2D eigenvalue weighted by Gasteiger charge is 2.35. The van der Waals surface area contributed by atoms with Crippen LogP contribution >= 0.6 is 0 Å². The Morgan fingerprint density at radius 1 is 1.45 bits per heavy atom. The summed E-state index contributed by atoms with van der Waals surface area (Å²) in [4.78, 5) is 28.1. The van der Waals surface area contributed by atoms with Crippen LogP contribution in [0.15, 0.2) is 23.1 Å². The van der Waals surface area contributed by atoms with Gasteiger partial charge in [-0.1, -0.05) is 0 Å². The Morgan fingerprint density at radius 2 is 2.10 bits per heavy atom. The Labute approximate surface area is 110 Å². The van der Waals surface area contributed by atoms with Gasteiger partial charge >= 0.3 is 12.1 Å². The first kappa shape index (κ1) is 14.0. The van der Waals surface area contributed by atoms with Gasteiger partial charge in [-0.05, 0) is 19.1 Å². The van der Waals surface area contributed by atoms with Crippen LogP contribution in [0.25, 0.3) is 10.9 Å². The maximum absolute atomic E-state index is 12.8. The SMILES string of the molecule is CC(C(=O)O)c1cc2c(C(F)(F)F)nccc2[nH]c1=O. The molecule has 2 rings (SSSR count). The molecule has 0 aliphatic heterocycles. The fourth-order valence-electron chi connectivity index (χ4n) is 1.82. The first-order valence-corrected chi connectivity index (χ1v) is 5.53. The molecule has 106 valence electrons. The van der Waals surface area contributed by atoms with E-state index in [-0.39, 0.29) is 16.5 Å². The van der Waals surface area contributed by atoms with Crippen LogP contribution in [-0.2, 0) is 11.0 Å². The molecule has 2 aromatic rings. The molecule has 0 aromatic carbocycles. The standard InChI is InChI=1S/C12H9F3N2O3/c1-5(11(19)20)6-4-7-8(17-10(6)18)2-3-16-9(7)12(13,14)15/h2-5H,1H3,(H,17,18)(H,19,20). The van der Waals surface area contributed by atoms with Crippen LogP contribution in [0.5, 0.6) is 0 Å². The van der Waals surface area contributed by atoms with Crippen molar-refractivity contribution in [3.63, 3.8) is 0 Å². The van der Waals surface area contributed by atoms with E-state index in [9.17, 15) is 22.8 Å². The number of nitrogens with one attached hydrogen (secondary N) is 1. The van der Waals surface area contributed by atoms with Crippen LogP contribution in [0, 0.1) is 0 Å². The van der Waals surface area contributed by atoms with Crippen molar-refractivity contribution in [2.24, 2.45) is 0 Å². The second-order valence-electron chi connectivity index (χ2n) is 4.23. The van der Waals surface area contributed by atoms with E-state index in [0.29, 0.717) is 0 Å². The molecule has 0 saturated carbocycles. The number of aliphatic carboxylic acids is 1. The highest BCUT2D eigenvalue weighted by molar-refractivity contribution is 5.84. The van der Waals surface area contributed by atoms with Gasteiger partial charge in [0.1, 0.15) is 0 Å². The van der Waals surface area contributed by atoms with Gasteiger partial charge in [-0.15, -0.1) is 0 Å². The van der Waals surface area contributed by atoms with E-state index >= 15 is 0 Å². The van der Waals surface area contributed by atoms with Gasteiger partial charge in [0.05, 0.1) is 11.4 Å². The van der Waals surface area contributed by atoms with Crippen LogP contribution in [-0.4, -0.2) is 21.0 Å². The van der Waals surface area contributed by atoms with Gasteiger partial charge in [0.25, 0.3) is 5.56 Å². The summed E-state index contributed by atoms with van der Waals surface area (Å²) < 4.78 is 38.5. The molecule has 1 atom stereocenters. The highest BCUT2D eigenvalue weighted by atomic mass is 19.4. The fraction of sp³-hybridized carbons (Fsp3) is 0.250. The average Bonchev–Trinajstić information content (AvgIpc) is 2.35. The van der Waals surface area contributed by atoms with Gasteiger partial charge in [-0.3, -0.25) is 14.6 Å². The quantitative estimate of drug-likeness (QED) is 0.886. The molecule has 2 N–H and O–H groups in total. The van der Waals surface area contributed by atoms with Gasteiger partial charge in [-0.2, -0.15) is 13.2 Å². The summed E-state index contributed by atoms with van der Waals surface area (Å²) in [6.45, 7) is 1.22. The smallest absolute Gasteiger partial charge is 0.434 e. The zero-order valence-corrected chi connectivity index (χ0v) is 10.2. The zero-order valence-electron chi connectivity index (χ0n) is 10.2. The number of nitrogens with zero attached hydrogens (tertiary/aromatic N) is 1. The summed E-state index contributed by atoms with van der Waals surface area (Å²) >= 11 is 0. The lowest BCUT2D eigenvalue weighted by atomic mass is 10.0. The lowest BCUT2D eigenvalue weighted by molar-refractivity contribution is -0.140.